The van der Waals surface area contributed by atoms with Gasteiger partial charge in [-0.25, -0.2) is 0 Å². The molecule has 7 heteroatoms. The Labute approximate surface area is 141 Å². The standard InChI is InChI=1S/C15H33N3.Mo.3O/c1-13(2)16-7-9-17(14(3)4)11-12-18(10-8-16)15(5)6;;;;/h13-15H,7-12H2,1-6H3;;;;. The third kappa shape index (κ3) is 9.88. The molecule has 132 valence electrons. The van der Waals surface area contributed by atoms with E-state index in [2.05, 4.69) is 56.2 Å². The summed E-state index contributed by atoms with van der Waals surface area (Å²) in [6, 6.07) is 1.98. The second-order valence-corrected chi connectivity index (χ2v) is 7.60. The quantitative estimate of drug-likeness (QED) is 0.675. The van der Waals surface area contributed by atoms with Crippen molar-refractivity contribution in [1.82, 2.24) is 14.7 Å². The Morgan fingerprint density at radius 1 is 0.545 bits per heavy atom. The zero-order chi connectivity index (χ0) is 17.3. The summed E-state index contributed by atoms with van der Waals surface area (Å²) in [4.78, 5) is 7.86. The van der Waals surface area contributed by atoms with Crippen molar-refractivity contribution in [2.24, 2.45) is 0 Å². The molecule has 0 N–H and O–H groups in total. The Balaban J connectivity index is 0.000000980. The fraction of sp³-hybridized carbons (Fsp3) is 1.00. The van der Waals surface area contributed by atoms with Crippen LogP contribution in [0.15, 0.2) is 0 Å². The van der Waals surface area contributed by atoms with Gasteiger partial charge in [0.25, 0.3) is 0 Å². The third-order valence-corrected chi connectivity index (χ3v) is 4.21. The minimum atomic E-state index is -4.11. The predicted molar refractivity (Wildman–Crippen MR) is 82.2 cm³/mol. The van der Waals surface area contributed by atoms with E-state index >= 15 is 0 Å². The fourth-order valence-electron chi connectivity index (χ4n) is 2.66. The van der Waals surface area contributed by atoms with Crippen LogP contribution in [-0.4, -0.2) is 72.1 Å². The first-order valence-electron chi connectivity index (χ1n) is 8.14. The number of rotatable bonds is 3. The van der Waals surface area contributed by atoms with Crippen LogP contribution in [-0.2, 0) is 27.4 Å². The molecular formula is C15H33MoN3O3. The van der Waals surface area contributed by atoms with Crippen LogP contribution in [0.5, 0.6) is 0 Å². The van der Waals surface area contributed by atoms with E-state index in [9.17, 15) is 0 Å². The molecule has 22 heavy (non-hydrogen) atoms. The number of hydrogen-bond acceptors (Lipinski definition) is 6. The van der Waals surface area contributed by atoms with Gasteiger partial charge in [0.2, 0.25) is 0 Å². The van der Waals surface area contributed by atoms with Crippen molar-refractivity contribution in [3.8, 4) is 0 Å². The first-order chi connectivity index (χ1) is 10.1. The van der Waals surface area contributed by atoms with Gasteiger partial charge in [-0.15, -0.1) is 0 Å². The summed E-state index contributed by atoms with van der Waals surface area (Å²) >= 11 is -4.11. The average Bonchev–Trinajstić information content (AvgIpc) is 2.47. The van der Waals surface area contributed by atoms with Gasteiger partial charge in [-0.1, -0.05) is 0 Å². The topological polar surface area (TPSA) is 60.9 Å². The van der Waals surface area contributed by atoms with Gasteiger partial charge in [0, 0.05) is 57.4 Å². The summed E-state index contributed by atoms with van der Waals surface area (Å²) < 4.78 is 25.8. The molecule has 1 aliphatic heterocycles. The maximum atomic E-state index is 8.59. The van der Waals surface area contributed by atoms with E-state index in [0.717, 1.165) is 0 Å². The molecule has 0 aliphatic carbocycles. The Morgan fingerprint density at radius 2 is 0.682 bits per heavy atom. The molecule has 0 radical (unpaired) electrons. The van der Waals surface area contributed by atoms with E-state index in [-0.39, 0.29) is 0 Å². The van der Waals surface area contributed by atoms with Crippen LogP contribution in [0.1, 0.15) is 41.5 Å². The first-order valence-corrected chi connectivity index (χ1v) is 10.6. The van der Waals surface area contributed by atoms with Crippen molar-refractivity contribution >= 4 is 0 Å². The van der Waals surface area contributed by atoms with Crippen LogP contribution >= 0.6 is 0 Å². The molecular weight excluding hydrogens is 366 g/mol. The number of hydrogen-bond donors (Lipinski definition) is 0. The molecule has 0 saturated carbocycles. The molecule has 6 nitrogen and oxygen atoms in total. The van der Waals surface area contributed by atoms with Gasteiger partial charge in [-0.2, -0.15) is 0 Å². The molecule has 1 fully saturated rings. The zero-order valence-corrected chi connectivity index (χ0v) is 17.0. The molecule has 0 spiro atoms. The SMILES string of the molecule is CC(C)N1CCN(C(C)C)CCN(C(C)C)CC1.[O]=[Mo](=[O])=[O]. The summed E-state index contributed by atoms with van der Waals surface area (Å²) in [5, 5.41) is 0. The summed E-state index contributed by atoms with van der Waals surface area (Å²) in [7, 11) is 0. The van der Waals surface area contributed by atoms with Crippen molar-refractivity contribution in [1.29, 1.82) is 0 Å². The summed E-state index contributed by atoms with van der Waals surface area (Å²) in [5.74, 6) is 0. The van der Waals surface area contributed by atoms with Crippen LogP contribution in [0.2, 0.25) is 0 Å². The molecule has 1 saturated heterocycles. The van der Waals surface area contributed by atoms with Gasteiger partial charge in [0.15, 0.2) is 0 Å². The monoisotopic (exact) mass is 401 g/mol. The second-order valence-electron chi connectivity index (χ2n) is 6.59. The normalized spacial score (nSPS) is 19.5. The van der Waals surface area contributed by atoms with E-state index in [4.69, 9.17) is 10.2 Å². The first kappa shape index (κ1) is 22.0. The van der Waals surface area contributed by atoms with E-state index in [1.165, 1.54) is 39.3 Å². The summed E-state index contributed by atoms with van der Waals surface area (Å²) in [6.45, 7) is 21.2. The maximum absolute atomic E-state index is 8.59. The van der Waals surface area contributed by atoms with Crippen molar-refractivity contribution in [3.63, 3.8) is 0 Å². The molecule has 0 aromatic heterocycles. The van der Waals surface area contributed by atoms with Crippen molar-refractivity contribution in [2.75, 3.05) is 39.3 Å². The summed E-state index contributed by atoms with van der Waals surface area (Å²) in [5.41, 5.74) is 0. The molecule has 0 aromatic rings. The molecule has 0 atom stereocenters. The zero-order valence-electron chi connectivity index (χ0n) is 14.9. The van der Waals surface area contributed by atoms with Crippen LogP contribution in [0.4, 0.5) is 0 Å². The van der Waals surface area contributed by atoms with Crippen LogP contribution in [0, 0.1) is 0 Å². The van der Waals surface area contributed by atoms with Crippen LogP contribution in [0.3, 0.4) is 0 Å². The van der Waals surface area contributed by atoms with Gasteiger partial charge in [-0.3, -0.25) is 14.7 Å². The van der Waals surface area contributed by atoms with E-state index < -0.39 is 17.2 Å². The van der Waals surface area contributed by atoms with Crippen LogP contribution in [0.25, 0.3) is 0 Å². The van der Waals surface area contributed by atoms with E-state index in [0.29, 0.717) is 18.1 Å². The van der Waals surface area contributed by atoms with Gasteiger partial charge >= 0.3 is 27.4 Å². The van der Waals surface area contributed by atoms with Gasteiger partial charge in [0.05, 0.1) is 0 Å². The van der Waals surface area contributed by atoms with Crippen molar-refractivity contribution in [3.05, 3.63) is 0 Å². The molecule has 1 rings (SSSR count). The van der Waals surface area contributed by atoms with E-state index in [1.807, 2.05) is 0 Å². The van der Waals surface area contributed by atoms with Gasteiger partial charge in [0.1, 0.15) is 0 Å². The molecule has 1 heterocycles. The molecule has 0 bridgehead atoms. The Bertz CT molecular complexity index is 338. The van der Waals surface area contributed by atoms with Gasteiger partial charge < -0.3 is 0 Å². The molecule has 1 aliphatic rings. The van der Waals surface area contributed by atoms with Crippen molar-refractivity contribution in [2.45, 2.75) is 59.7 Å². The Hall–Kier alpha value is -0.0317. The fourth-order valence-corrected chi connectivity index (χ4v) is 2.66. The van der Waals surface area contributed by atoms with Crippen molar-refractivity contribution < 1.29 is 27.4 Å². The molecule has 0 unspecified atom stereocenters. The second kappa shape index (κ2) is 11.5. The van der Waals surface area contributed by atoms with Gasteiger partial charge in [-0.05, 0) is 41.5 Å². The Kier molecular flexibility index (Phi) is 11.5. The third-order valence-electron chi connectivity index (χ3n) is 4.21. The minimum absolute atomic E-state index is 0.658. The summed E-state index contributed by atoms with van der Waals surface area (Å²) in [6.07, 6.45) is 0. The average molecular weight is 399 g/mol. The molecule has 0 aromatic carbocycles. The number of nitrogens with zero attached hydrogens (tertiary/aromatic N) is 3. The van der Waals surface area contributed by atoms with E-state index in [1.54, 1.807) is 0 Å². The predicted octanol–water partition coefficient (Wildman–Crippen LogP) is 1.77. The Morgan fingerprint density at radius 3 is 0.773 bits per heavy atom. The van der Waals surface area contributed by atoms with Crippen LogP contribution < -0.4 is 0 Å². The molecule has 0 amide bonds.